The van der Waals surface area contributed by atoms with Crippen molar-refractivity contribution in [1.82, 2.24) is 9.88 Å². The fraction of sp³-hybridized carbons (Fsp3) is 0.263. The maximum Gasteiger partial charge on any atom is 0.289 e. The van der Waals surface area contributed by atoms with Crippen molar-refractivity contribution in [2.75, 3.05) is 6.54 Å². The normalized spacial score (nSPS) is 10.7. The number of ether oxygens (including phenoxy) is 1. The van der Waals surface area contributed by atoms with E-state index in [-0.39, 0.29) is 5.91 Å². The maximum atomic E-state index is 12.5. The van der Waals surface area contributed by atoms with Crippen molar-refractivity contribution in [3.05, 3.63) is 69.5 Å². The van der Waals surface area contributed by atoms with Gasteiger partial charge in [-0.1, -0.05) is 18.5 Å². The highest BCUT2D eigenvalue weighted by atomic mass is 35.5. The van der Waals surface area contributed by atoms with Gasteiger partial charge < -0.3 is 14.1 Å². The van der Waals surface area contributed by atoms with Crippen LogP contribution >= 0.6 is 22.9 Å². The van der Waals surface area contributed by atoms with E-state index in [9.17, 15) is 4.79 Å². The molecule has 0 aliphatic rings. The minimum absolute atomic E-state index is 0.121. The lowest BCUT2D eigenvalue weighted by Crippen LogP contribution is -2.31. The van der Waals surface area contributed by atoms with Crippen molar-refractivity contribution >= 4 is 28.8 Å². The van der Waals surface area contributed by atoms with E-state index in [0.29, 0.717) is 30.5 Å². The summed E-state index contributed by atoms with van der Waals surface area (Å²) >= 11 is 7.38. The summed E-state index contributed by atoms with van der Waals surface area (Å²) in [6, 6.07) is 10.6. The third kappa shape index (κ3) is 4.86. The van der Waals surface area contributed by atoms with Gasteiger partial charge in [0.05, 0.1) is 18.5 Å². The molecule has 0 spiro atoms. The van der Waals surface area contributed by atoms with E-state index in [1.165, 1.54) is 17.6 Å². The molecule has 5 nitrogen and oxygen atoms in total. The average Bonchev–Trinajstić information content (AvgIpc) is 3.32. The second-order valence-corrected chi connectivity index (χ2v) is 7.06. The molecule has 0 saturated heterocycles. The van der Waals surface area contributed by atoms with Crippen LogP contribution in [0.3, 0.4) is 0 Å². The molecule has 2 heterocycles. The average molecular weight is 391 g/mol. The minimum Gasteiger partial charge on any atom is -0.486 e. The van der Waals surface area contributed by atoms with Crippen LogP contribution in [0.5, 0.6) is 5.75 Å². The number of carbonyl (C=O) groups excluding carboxylic acids is 1. The van der Waals surface area contributed by atoms with E-state index in [2.05, 4.69) is 4.98 Å². The van der Waals surface area contributed by atoms with Crippen LogP contribution in [0.15, 0.2) is 52.5 Å². The molecule has 0 atom stereocenters. The van der Waals surface area contributed by atoms with Crippen molar-refractivity contribution in [1.29, 1.82) is 0 Å². The molecule has 1 amide bonds. The SMILES string of the molecule is CCCN(Cc1csc(COc2ccc(Cl)cc2)n1)C(=O)c1ccco1. The summed E-state index contributed by atoms with van der Waals surface area (Å²) < 4.78 is 10.9. The van der Waals surface area contributed by atoms with E-state index in [1.807, 2.05) is 24.4 Å². The number of carbonyl (C=O) groups is 1. The molecule has 0 fully saturated rings. The van der Waals surface area contributed by atoms with Crippen molar-refractivity contribution in [3.8, 4) is 5.75 Å². The first kappa shape index (κ1) is 18.5. The lowest BCUT2D eigenvalue weighted by atomic mass is 10.3. The number of benzene rings is 1. The van der Waals surface area contributed by atoms with Gasteiger partial charge in [0, 0.05) is 16.9 Å². The molecule has 2 aromatic heterocycles. The Hall–Kier alpha value is -2.31. The van der Waals surface area contributed by atoms with Crippen LogP contribution in [0.2, 0.25) is 5.02 Å². The van der Waals surface area contributed by atoms with Gasteiger partial charge in [0.15, 0.2) is 5.76 Å². The summed E-state index contributed by atoms with van der Waals surface area (Å²) in [6.07, 6.45) is 2.37. The third-order valence-electron chi connectivity index (χ3n) is 3.64. The van der Waals surface area contributed by atoms with E-state index in [0.717, 1.165) is 22.9 Å². The fourth-order valence-corrected chi connectivity index (χ4v) is 3.26. The van der Waals surface area contributed by atoms with E-state index in [4.69, 9.17) is 20.8 Å². The van der Waals surface area contributed by atoms with Crippen molar-refractivity contribution in [3.63, 3.8) is 0 Å². The summed E-state index contributed by atoms with van der Waals surface area (Å²) in [4.78, 5) is 18.8. The van der Waals surface area contributed by atoms with Gasteiger partial charge in [0.25, 0.3) is 5.91 Å². The molecule has 0 radical (unpaired) electrons. The van der Waals surface area contributed by atoms with Gasteiger partial charge in [0.2, 0.25) is 0 Å². The highest BCUT2D eigenvalue weighted by molar-refractivity contribution is 7.09. The zero-order chi connectivity index (χ0) is 18.4. The second-order valence-electron chi connectivity index (χ2n) is 5.68. The highest BCUT2D eigenvalue weighted by Gasteiger charge is 2.19. The van der Waals surface area contributed by atoms with Gasteiger partial charge in [-0.05, 0) is 42.8 Å². The van der Waals surface area contributed by atoms with Crippen molar-refractivity contribution in [2.45, 2.75) is 26.5 Å². The van der Waals surface area contributed by atoms with Crippen molar-refractivity contribution in [2.24, 2.45) is 0 Å². The largest absolute Gasteiger partial charge is 0.486 e. The summed E-state index contributed by atoms with van der Waals surface area (Å²) in [5.74, 6) is 0.968. The number of nitrogens with zero attached hydrogens (tertiary/aromatic N) is 2. The number of thiazole rings is 1. The van der Waals surface area contributed by atoms with Crippen molar-refractivity contribution < 1.29 is 13.9 Å². The lowest BCUT2D eigenvalue weighted by Gasteiger charge is -2.19. The first-order valence-electron chi connectivity index (χ1n) is 8.30. The summed E-state index contributed by atoms with van der Waals surface area (Å²) in [6.45, 7) is 3.51. The Kier molecular flexibility index (Phi) is 6.30. The molecule has 0 aliphatic carbocycles. The minimum atomic E-state index is -0.121. The van der Waals surface area contributed by atoms with Crippen LogP contribution in [-0.4, -0.2) is 22.3 Å². The van der Waals surface area contributed by atoms with E-state index in [1.54, 1.807) is 29.2 Å². The molecule has 3 aromatic rings. The Morgan fingerprint density at radius 2 is 2.12 bits per heavy atom. The molecule has 0 saturated carbocycles. The molecular formula is C19H19ClN2O3S. The molecule has 7 heteroatoms. The predicted molar refractivity (Wildman–Crippen MR) is 102 cm³/mol. The van der Waals surface area contributed by atoms with Crippen LogP contribution in [0.1, 0.15) is 34.6 Å². The molecule has 0 aliphatic heterocycles. The lowest BCUT2D eigenvalue weighted by molar-refractivity contribution is 0.0709. The molecule has 3 rings (SSSR count). The summed E-state index contributed by atoms with van der Waals surface area (Å²) in [5.41, 5.74) is 0.845. The van der Waals surface area contributed by atoms with Crippen LogP contribution < -0.4 is 4.74 Å². The fourth-order valence-electron chi connectivity index (χ4n) is 2.44. The molecule has 0 bridgehead atoms. The van der Waals surface area contributed by atoms with E-state index >= 15 is 0 Å². The van der Waals surface area contributed by atoms with E-state index < -0.39 is 0 Å². The Bertz CT molecular complexity index is 831. The number of hydrogen-bond donors (Lipinski definition) is 0. The van der Waals surface area contributed by atoms with Crippen LogP contribution in [0.4, 0.5) is 0 Å². The Labute approximate surface area is 161 Å². The molecule has 136 valence electrons. The highest BCUT2D eigenvalue weighted by Crippen LogP contribution is 2.19. The monoisotopic (exact) mass is 390 g/mol. The first-order valence-corrected chi connectivity index (χ1v) is 9.56. The first-order chi connectivity index (χ1) is 12.7. The number of amides is 1. The van der Waals surface area contributed by atoms with Gasteiger partial charge >= 0.3 is 0 Å². The van der Waals surface area contributed by atoms with Gasteiger partial charge in [-0.15, -0.1) is 11.3 Å². The van der Waals surface area contributed by atoms with Crippen LogP contribution in [0, 0.1) is 0 Å². The summed E-state index contributed by atoms with van der Waals surface area (Å²) in [5, 5.41) is 3.49. The predicted octanol–water partition coefficient (Wildman–Crippen LogP) is 5.02. The number of hydrogen-bond acceptors (Lipinski definition) is 5. The quantitative estimate of drug-likeness (QED) is 0.541. The van der Waals surface area contributed by atoms with Gasteiger partial charge in [-0.2, -0.15) is 0 Å². The standard InChI is InChI=1S/C19H19ClN2O3S/c1-2-9-22(19(23)17-4-3-10-24-17)11-15-13-26-18(21-15)12-25-16-7-5-14(20)6-8-16/h3-8,10,13H,2,9,11-12H2,1H3. The zero-order valence-corrected chi connectivity index (χ0v) is 15.9. The maximum absolute atomic E-state index is 12.5. The number of halogens is 1. The van der Waals surface area contributed by atoms with Gasteiger partial charge in [0.1, 0.15) is 17.4 Å². The van der Waals surface area contributed by atoms with Crippen LogP contribution in [-0.2, 0) is 13.2 Å². The van der Waals surface area contributed by atoms with Gasteiger partial charge in [-0.25, -0.2) is 4.98 Å². The number of aromatic nitrogens is 1. The molecule has 26 heavy (non-hydrogen) atoms. The molecule has 1 aromatic carbocycles. The zero-order valence-electron chi connectivity index (χ0n) is 14.4. The Morgan fingerprint density at radius 1 is 1.31 bits per heavy atom. The van der Waals surface area contributed by atoms with Crippen LogP contribution in [0.25, 0.3) is 0 Å². The smallest absolute Gasteiger partial charge is 0.289 e. The summed E-state index contributed by atoms with van der Waals surface area (Å²) in [7, 11) is 0. The Balaban J connectivity index is 1.60. The molecular weight excluding hydrogens is 372 g/mol. The third-order valence-corrected chi connectivity index (χ3v) is 4.76. The number of furan rings is 1. The molecule has 0 unspecified atom stereocenters. The topological polar surface area (TPSA) is 55.6 Å². The Morgan fingerprint density at radius 3 is 2.81 bits per heavy atom. The second kappa shape index (κ2) is 8.87. The van der Waals surface area contributed by atoms with Gasteiger partial charge in [-0.3, -0.25) is 4.79 Å². The number of rotatable bonds is 8. The molecule has 0 N–H and O–H groups in total.